The van der Waals surface area contributed by atoms with E-state index in [-0.39, 0.29) is 0 Å². The first-order chi connectivity index (χ1) is 5.25. The van der Waals surface area contributed by atoms with Gasteiger partial charge in [-0.2, -0.15) is 4.58 Å². The van der Waals surface area contributed by atoms with Gasteiger partial charge in [-0.15, -0.1) is 0 Å². The first kappa shape index (κ1) is 8.53. The van der Waals surface area contributed by atoms with Crippen LogP contribution in [0.4, 0.5) is 0 Å². The van der Waals surface area contributed by atoms with E-state index >= 15 is 0 Å². The second-order valence-electron chi connectivity index (χ2n) is 2.56. The Balaban J connectivity index is 2.44. The number of unbranched alkanes of at least 4 members (excludes halogenated alkanes) is 1. The van der Waals surface area contributed by atoms with E-state index in [1.807, 2.05) is 0 Å². The molecule has 0 fully saturated rings. The van der Waals surface area contributed by atoms with Crippen molar-refractivity contribution in [2.75, 3.05) is 13.6 Å². The minimum atomic E-state index is 0.338. The lowest BCUT2D eigenvalue weighted by Gasteiger charge is -2.00. The molecule has 0 aromatic heterocycles. The van der Waals surface area contributed by atoms with Crippen molar-refractivity contribution in [1.29, 1.82) is 0 Å². The van der Waals surface area contributed by atoms with Crippen molar-refractivity contribution in [3.63, 3.8) is 0 Å². The van der Waals surface area contributed by atoms with Crippen LogP contribution in [0.3, 0.4) is 0 Å². The second-order valence-corrected chi connectivity index (χ2v) is 2.56. The molecule has 0 aliphatic carbocycles. The Morgan fingerprint density at radius 3 is 2.64 bits per heavy atom. The summed E-state index contributed by atoms with van der Waals surface area (Å²) < 4.78 is 2.26. The molecule has 1 aliphatic heterocycles. The van der Waals surface area contributed by atoms with Crippen LogP contribution in [0.5, 0.6) is 0 Å². The Morgan fingerprint density at radius 1 is 1.45 bits per heavy atom. The molecule has 1 heterocycles. The summed E-state index contributed by atoms with van der Waals surface area (Å²) >= 11 is 0. The average molecular weight is 152 g/mol. The number of hydrogen-bond donors (Lipinski definition) is 0. The lowest BCUT2D eigenvalue weighted by molar-refractivity contribution is -0.417. The van der Waals surface area contributed by atoms with Crippen LogP contribution in [0, 0.1) is 0 Å². The molecule has 0 spiro atoms. The number of hydrogen-bond acceptors (Lipinski definition) is 1. The summed E-state index contributed by atoms with van der Waals surface area (Å²) in [6.45, 7) is 3.46. The zero-order valence-corrected chi connectivity index (χ0v) is 6.67. The third-order valence-corrected chi connectivity index (χ3v) is 1.51. The van der Waals surface area contributed by atoms with Crippen molar-refractivity contribution in [3.05, 3.63) is 12.4 Å². The standard InChI is InChI=1S/C8H17BN2/c1-3-4-5-11-7-6-10(2)8(11)9/h6-7H,3-5H2,1-2,9H3/q+1. The monoisotopic (exact) mass is 152 g/mol. The average Bonchev–Trinajstić information content (AvgIpc) is 2.31. The van der Waals surface area contributed by atoms with Gasteiger partial charge in [-0.1, -0.05) is 18.2 Å². The Bertz CT molecular complexity index is 196. The van der Waals surface area contributed by atoms with Crippen LogP contribution in [-0.4, -0.2) is 31.7 Å². The Labute approximate surface area is 69.6 Å². The molecule has 0 N–H and O–H groups in total. The van der Waals surface area contributed by atoms with E-state index in [4.69, 9.17) is 0 Å². The fraction of sp³-hybridized carbons (Fsp3) is 0.625. The molecule has 0 atom stereocenters. The molecular weight excluding hydrogens is 135 g/mol. The van der Waals surface area contributed by atoms with E-state index in [1.165, 1.54) is 19.4 Å². The van der Waals surface area contributed by atoms with E-state index in [0.717, 1.165) is 0 Å². The highest BCUT2D eigenvalue weighted by molar-refractivity contribution is 6.58. The second kappa shape index (κ2) is 3.72. The first-order valence-corrected chi connectivity index (χ1v) is 3.77. The van der Waals surface area contributed by atoms with Crippen LogP contribution in [-0.2, 0) is 0 Å². The molecule has 61 valence electrons. The minimum absolute atomic E-state index is 0.338. The fourth-order valence-corrected chi connectivity index (χ4v) is 0.903. The van der Waals surface area contributed by atoms with Gasteiger partial charge in [0.2, 0.25) is 12.4 Å². The quantitative estimate of drug-likeness (QED) is 0.390. The molecule has 0 saturated heterocycles. The van der Waals surface area contributed by atoms with Crippen LogP contribution in [0.15, 0.2) is 12.4 Å². The lowest BCUT2D eigenvalue weighted by Crippen LogP contribution is -2.33. The Hall–Kier alpha value is -0.565. The summed E-state index contributed by atoms with van der Waals surface area (Å²) in [6.07, 6.45) is 6.98. The van der Waals surface area contributed by atoms with E-state index in [1.54, 1.807) is 5.73 Å². The summed E-state index contributed by atoms with van der Waals surface area (Å²) in [7, 11) is 2.48. The zero-order valence-electron chi connectivity index (χ0n) is 6.67. The highest BCUT2D eigenvalue weighted by atomic mass is 15.2. The maximum atomic E-state index is 2.41. The van der Waals surface area contributed by atoms with E-state index in [9.17, 15) is 0 Å². The predicted molar refractivity (Wildman–Crippen MR) is 52.2 cm³/mol. The molecule has 0 amide bonds. The van der Waals surface area contributed by atoms with Gasteiger partial charge in [-0.3, -0.25) is 0 Å². The Kier molecular flexibility index (Phi) is 2.88. The lowest BCUT2D eigenvalue weighted by atomic mass is 10.1. The SMILES string of the molecule is [BH3-]C1=[N+](C)C=C[N+]1CCCC. The zero-order chi connectivity index (χ0) is 8.27. The molecule has 0 bridgehead atoms. The molecule has 2 nitrogen and oxygen atoms in total. The van der Waals surface area contributed by atoms with Crippen molar-refractivity contribution in [1.82, 2.24) is 4.90 Å². The van der Waals surface area contributed by atoms with Gasteiger partial charge in [0.25, 0.3) is 0 Å². The third kappa shape index (κ3) is 1.93. The van der Waals surface area contributed by atoms with Crippen molar-refractivity contribution < 1.29 is 4.58 Å². The first-order valence-electron chi connectivity index (χ1n) is 3.77. The van der Waals surface area contributed by atoms with Crippen LogP contribution in [0.1, 0.15) is 19.8 Å². The molecule has 0 aromatic rings. The molecule has 0 aromatic carbocycles. The van der Waals surface area contributed by atoms with E-state index < -0.39 is 0 Å². The highest BCUT2D eigenvalue weighted by Crippen LogP contribution is 1.98. The molecule has 0 unspecified atom stereocenters. The van der Waals surface area contributed by atoms with Crippen LogP contribution < -0.4 is 4.90 Å². The van der Waals surface area contributed by atoms with Crippen molar-refractivity contribution in [3.8, 4) is 0 Å². The fourth-order valence-electron chi connectivity index (χ4n) is 0.903. The predicted octanol–water partition coefficient (Wildman–Crippen LogP) is -0.225. The van der Waals surface area contributed by atoms with Gasteiger partial charge in [-0.05, 0) is 0 Å². The number of nitrogens with zero attached hydrogens (tertiary/aromatic N) is 2. The van der Waals surface area contributed by atoms with Gasteiger partial charge in [-0.25, -0.2) is 0 Å². The van der Waals surface area contributed by atoms with Crippen LogP contribution in [0.2, 0.25) is 0 Å². The van der Waals surface area contributed by atoms with E-state index in [0.29, 0.717) is 7.85 Å². The number of rotatable bonds is 3. The van der Waals surface area contributed by atoms with Gasteiger partial charge >= 0.3 is 0 Å². The molecule has 1 radical (unpaired) electrons. The molecule has 0 saturated carbocycles. The molecule has 11 heavy (non-hydrogen) atoms. The molecule has 1 rings (SSSR count). The highest BCUT2D eigenvalue weighted by Gasteiger charge is 2.23. The normalized spacial score (nSPS) is 18.5. The largest absolute Gasteiger partial charge is 0.229 e. The minimum Gasteiger partial charge on any atom is -0.189 e. The summed E-state index contributed by atoms with van der Waals surface area (Å²) in [5.74, 6) is 0. The summed E-state index contributed by atoms with van der Waals surface area (Å²) in [4.78, 5) is 2.41. The number of amidine groups is 1. The van der Waals surface area contributed by atoms with Gasteiger partial charge in [0.1, 0.15) is 21.4 Å². The third-order valence-electron chi connectivity index (χ3n) is 1.51. The van der Waals surface area contributed by atoms with Gasteiger partial charge in [0, 0.05) is 6.42 Å². The molecular formula is C8H17BN2+. The molecule has 3 heteroatoms. The maximum Gasteiger partial charge on any atom is 0.229 e. The van der Waals surface area contributed by atoms with Crippen molar-refractivity contribution >= 4 is 13.6 Å². The van der Waals surface area contributed by atoms with E-state index in [2.05, 4.69) is 35.8 Å². The maximum absolute atomic E-state index is 2.41. The summed E-state index contributed by atoms with van der Waals surface area (Å²) in [5.41, 5.74) is 1.58. The summed E-state index contributed by atoms with van der Waals surface area (Å²) in [5, 5.41) is 0. The smallest absolute Gasteiger partial charge is 0.189 e. The van der Waals surface area contributed by atoms with Gasteiger partial charge in [0.05, 0.1) is 0 Å². The van der Waals surface area contributed by atoms with Crippen molar-refractivity contribution in [2.24, 2.45) is 0 Å². The van der Waals surface area contributed by atoms with Crippen LogP contribution in [0.25, 0.3) is 0 Å². The van der Waals surface area contributed by atoms with Gasteiger partial charge < -0.3 is 0 Å². The molecule has 1 aliphatic rings. The topological polar surface area (TPSA) is 8.91 Å². The Morgan fingerprint density at radius 2 is 2.18 bits per heavy atom. The summed E-state index contributed by atoms with van der Waals surface area (Å²) in [6, 6.07) is 0. The van der Waals surface area contributed by atoms with Crippen LogP contribution >= 0.6 is 0 Å². The van der Waals surface area contributed by atoms with Gasteiger partial charge in [0.15, 0.2) is 5.73 Å². The van der Waals surface area contributed by atoms with Crippen molar-refractivity contribution in [2.45, 2.75) is 19.8 Å².